The van der Waals surface area contributed by atoms with Crippen LogP contribution in [-0.2, 0) is 9.47 Å². The molecule has 0 aromatic heterocycles. The van der Waals surface area contributed by atoms with Crippen molar-refractivity contribution in [2.24, 2.45) is 5.92 Å². The summed E-state index contributed by atoms with van der Waals surface area (Å²) in [5.74, 6) is 1.11. The number of nitrogens with zero attached hydrogens (tertiary/aromatic N) is 1. The number of amides is 1. The first kappa shape index (κ1) is 15.9. The lowest BCUT2D eigenvalue weighted by molar-refractivity contribution is 0.0291. The number of hydrogen-bond donors (Lipinski definition) is 1. The van der Waals surface area contributed by atoms with Crippen molar-refractivity contribution < 1.29 is 14.3 Å². The van der Waals surface area contributed by atoms with Gasteiger partial charge in [-0.2, -0.15) is 0 Å². The highest BCUT2D eigenvalue weighted by Crippen LogP contribution is 2.31. The molecule has 2 heterocycles. The van der Waals surface area contributed by atoms with Crippen LogP contribution in [0.3, 0.4) is 0 Å². The fourth-order valence-corrected chi connectivity index (χ4v) is 2.76. The van der Waals surface area contributed by atoms with Crippen LogP contribution in [0.2, 0.25) is 0 Å². The molecule has 1 N–H and O–H groups in total. The summed E-state index contributed by atoms with van der Waals surface area (Å²) in [5, 5.41) is 3.35. The maximum absolute atomic E-state index is 12.5. The number of carbonyl (C=O) groups is 1. The average molecular weight is 294 g/mol. The van der Waals surface area contributed by atoms with Crippen molar-refractivity contribution in [3.05, 3.63) is 23.6 Å². The first-order valence-corrected chi connectivity index (χ1v) is 7.58. The molecule has 21 heavy (non-hydrogen) atoms. The summed E-state index contributed by atoms with van der Waals surface area (Å²) in [6.07, 6.45) is 5.62. The highest BCUT2D eigenvalue weighted by Gasteiger charge is 2.33. The van der Waals surface area contributed by atoms with Gasteiger partial charge in [-0.05, 0) is 52.8 Å². The summed E-state index contributed by atoms with van der Waals surface area (Å²) in [5.41, 5.74) is 0.473. The standard InChI is InChI=1S/C16H26N2O3/c1-16(2,3)21-15(19)18-11-5-6-13(20-4)14(18)12-7-9-17-10-8-12/h5-6,12,17H,7-11H2,1-4H3. The van der Waals surface area contributed by atoms with Gasteiger partial charge in [-0.1, -0.05) is 6.08 Å². The number of hydrogen-bond acceptors (Lipinski definition) is 4. The van der Waals surface area contributed by atoms with Crippen molar-refractivity contribution >= 4 is 6.09 Å². The lowest BCUT2D eigenvalue weighted by atomic mass is 9.91. The summed E-state index contributed by atoms with van der Waals surface area (Å²) in [4.78, 5) is 14.2. The van der Waals surface area contributed by atoms with Crippen molar-refractivity contribution in [1.82, 2.24) is 10.2 Å². The fraction of sp³-hybridized carbons (Fsp3) is 0.688. The van der Waals surface area contributed by atoms with Gasteiger partial charge in [-0.3, -0.25) is 4.90 Å². The van der Waals surface area contributed by atoms with E-state index in [1.165, 1.54) is 0 Å². The van der Waals surface area contributed by atoms with Gasteiger partial charge in [-0.15, -0.1) is 0 Å². The van der Waals surface area contributed by atoms with E-state index in [9.17, 15) is 4.79 Å². The Kier molecular flexibility index (Phi) is 4.93. The number of methoxy groups -OCH3 is 1. The number of allylic oxidation sites excluding steroid dienone is 2. The molecule has 0 saturated carbocycles. The molecule has 0 bridgehead atoms. The first-order chi connectivity index (χ1) is 9.92. The van der Waals surface area contributed by atoms with E-state index >= 15 is 0 Å². The molecule has 2 aliphatic rings. The first-order valence-electron chi connectivity index (χ1n) is 7.58. The minimum absolute atomic E-state index is 0.296. The third-order valence-electron chi connectivity index (χ3n) is 3.66. The minimum atomic E-state index is -0.495. The van der Waals surface area contributed by atoms with Crippen molar-refractivity contribution in [1.29, 1.82) is 0 Å². The van der Waals surface area contributed by atoms with Crippen molar-refractivity contribution in [3.63, 3.8) is 0 Å². The quantitative estimate of drug-likeness (QED) is 0.850. The number of carbonyl (C=O) groups excluding carboxylic acids is 1. The monoisotopic (exact) mass is 294 g/mol. The molecule has 0 radical (unpaired) electrons. The molecule has 0 unspecified atom stereocenters. The Labute approximate surface area is 127 Å². The Morgan fingerprint density at radius 2 is 2.00 bits per heavy atom. The van der Waals surface area contributed by atoms with Crippen LogP contribution in [0, 0.1) is 5.92 Å². The average Bonchev–Trinajstić information content (AvgIpc) is 2.45. The molecule has 0 aromatic carbocycles. The van der Waals surface area contributed by atoms with Crippen molar-refractivity contribution in [3.8, 4) is 0 Å². The highest BCUT2D eigenvalue weighted by atomic mass is 16.6. The highest BCUT2D eigenvalue weighted by molar-refractivity contribution is 5.71. The smallest absolute Gasteiger partial charge is 0.414 e. The topological polar surface area (TPSA) is 50.8 Å². The van der Waals surface area contributed by atoms with E-state index in [1.54, 1.807) is 12.0 Å². The Bertz CT molecular complexity index is 443. The molecule has 5 nitrogen and oxygen atoms in total. The molecule has 0 aromatic rings. The maximum Gasteiger partial charge on any atom is 0.414 e. The second kappa shape index (κ2) is 6.52. The van der Waals surface area contributed by atoms with E-state index < -0.39 is 5.60 Å². The van der Waals surface area contributed by atoms with Crippen LogP contribution in [-0.4, -0.2) is 43.3 Å². The summed E-state index contributed by atoms with van der Waals surface area (Å²) in [6.45, 7) is 8.14. The van der Waals surface area contributed by atoms with Crippen molar-refractivity contribution in [2.45, 2.75) is 39.2 Å². The van der Waals surface area contributed by atoms with Crippen LogP contribution in [0.15, 0.2) is 23.6 Å². The number of ether oxygens (including phenoxy) is 2. The molecule has 5 heteroatoms. The summed E-state index contributed by atoms with van der Waals surface area (Å²) >= 11 is 0. The predicted molar refractivity (Wildman–Crippen MR) is 81.7 cm³/mol. The van der Waals surface area contributed by atoms with Gasteiger partial charge in [0, 0.05) is 12.5 Å². The molecule has 118 valence electrons. The van der Waals surface area contributed by atoms with E-state index in [0.29, 0.717) is 12.5 Å². The molecular weight excluding hydrogens is 268 g/mol. The van der Waals surface area contributed by atoms with E-state index in [1.807, 2.05) is 32.9 Å². The molecule has 1 saturated heterocycles. The molecule has 2 rings (SSSR count). The second-order valence-electron chi connectivity index (χ2n) is 6.47. The van der Waals surface area contributed by atoms with E-state index in [2.05, 4.69) is 5.32 Å². The second-order valence-corrected chi connectivity index (χ2v) is 6.47. The SMILES string of the molecule is COC1=C(C2CCNCC2)N(C(=O)OC(C)(C)C)CC=C1. The molecular formula is C16H26N2O3. The molecule has 2 aliphatic heterocycles. The fourth-order valence-electron chi connectivity index (χ4n) is 2.76. The predicted octanol–water partition coefficient (Wildman–Crippen LogP) is 2.65. The lowest BCUT2D eigenvalue weighted by Gasteiger charge is -2.36. The van der Waals surface area contributed by atoms with Crippen LogP contribution in [0.5, 0.6) is 0 Å². The molecule has 0 atom stereocenters. The Hall–Kier alpha value is -1.49. The Balaban J connectivity index is 2.24. The van der Waals surface area contributed by atoms with Gasteiger partial charge in [0.15, 0.2) is 0 Å². The maximum atomic E-state index is 12.5. The molecule has 1 fully saturated rings. The minimum Gasteiger partial charge on any atom is -0.495 e. The lowest BCUT2D eigenvalue weighted by Crippen LogP contribution is -2.42. The number of piperidine rings is 1. The zero-order valence-electron chi connectivity index (χ0n) is 13.4. The van der Waals surface area contributed by atoms with Crippen LogP contribution >= 0.6 is 0 Å². The van der Waals surface area contributed by atoms with Crippen LogP contribution in [0.25, 0.3) is 0 Å². The van der Waals surface area contributed by atoms with Crippen LogP contribution < -0.4 is 5.32 Å². The number of nitrogens with one attached hydrogen (secondary N) is 1. The Morgan fingerprint density at radius 3 is 2.57 bits per heavy atom. The zero-order chi connectivity index (χ0) is 15.5. The van der Waals surface area contributed by atoms with Gasteiger partial charge in [0.05, 0.1) is 12.8 Å². The summed E-state index contributed by atoms with van der Waals surface area (Å²) in [6, 6.07) is 0. The van der Waals surface area contributed by atoms with Crippen LogP contribution in [0.4, 0.5) is 4.79 Å². The van der Waals surface area contributed by atoms with Gasteiger partial charge in [0.1, 0.15) is 11.4 Å². The molecule has 0 spiro atoms. The molecule has 0 aliphatic carbocycles. The van der Waals surface area contributed by atoms with E-state index in [0.717, 1.165) is 37.4 Å². The molecule has 1 amide bonds. The van der Waals surface area contributed by atoms with E-state index in [-0.39, 0.29) is 6.09 Å². The third-order valence-corrected chi connectivity index (χ3v) is 3.66. The zero-order valence-corrected chi connectivity index (χ0v) is 13.4. The summed E-state index contributed by atoms with van der Waals surface area (Å²) in [7, 11) is 1.65. The summed E-state index contributed by atoms with van der Waals surface area (Å²) < 4.78 is 11.0. The van der Waals surface area contributed by atoms with Crippen LogP contribution in [0.1, 0.15) is 33.6 Å². The van der Waals surface area contributed by atoms with Gasteiger partial charge in [-0.25, -0.2) is 4.79 Å². The van der Waals surface area contributed by atoms with Gasteiger partial charge in [0.25, 0.3) is 0 Å². The largest absolute Gasteiger partial charge is 0.495 e. The van der Waals surface area contributed by atoms with Gasteiger partial charge >= 0.3 is 6.09 Å². The number of rotatable bonds is 2. The Morgan fingerprint density at radius 1 is 1.33 bits per heavy atom. The van der Waals surface area contributed by atoms with E-state index in [4.69, 9.17) is 9.47 Å². The van der Waals surface area contributed by atoms with Crippen molar-refractivity contribution in [2.75, 3.05) is 26.7 Å². The van der Waals surface area contributed by atoms with Gasteiger partial charge in [0.2, 0.25) is 0 Å². The third kappa shape index (κ3) is 4.00. The normalized spacial score (nSPS) is 20.7. The van der Waals surface area contributed by atoms with Gasteiger partial charge < -0.3 is 14.8 Å².